The summed E-state index contributed by atoms with van der Waals surface area (Å²) < 4.78 is 0. The van der Waals surface area contributed by atoms with E-state index < -0.39 is 5.97 Å². The van der Waals surface area contributed by atoms with Crippen molar-refractivity contribution in [3.8, 4) is 0 Å². The van der Waals surface area contributed by atoms with E-state index in [0.717, 1.165) is 18.7 Å². The van der Waals surface area contributed by atoms with Crippen molar-refractivity contribution in [3.63, 3.8) is 0 Å². The number of aromatic nitrogens is 2. The maximum absolute atomic E-state index is 10.9. The predicted octanol–water partition coefficient (Wildman–Crippen LogP) is 3.31. The molecule has 0 unspecified atom stereocenters. The van der Waals surface area contributed by atoms with Crippen molar-refractivity contribution < 1.29 is 9.90 Å². The second kappa shape index (κ2) is 5.94. The molecule has 18 heavy (non-hydrogen) atoms. The van der Waals surface area contributed by atoms with Crippen LogP contribution in [-0.2, 0) is 0 Å². The molecule has 4 heteroatoms. The minimum atomic E-state index is -0.947. The van der Waals surface area contributed by atoms with Gasteiger partial charge < -0.3 is 5.11 Å². The van der Waals surface area contributed by atoms with Crippen molar-refractivity contribution in [1.29, 1.82) is 0 Å². The lowest BCUT2D eigenvalue weighted by Gasteiger charge is -2.18. The summed E-state index contributed by atoms with van der Waals surface area (Å²) >= 11 is 0. The molecule has 1 aromatic rings. The smallest absolute Gasteiger partial charge is 0.339 e. The first-order chi connectivity index (χ1) is 8.68. The van der Waals surface area contributed by atoms with Crippen LogP contribution in [-0.4, -0.2) is 21.0 Å². The molecule has 1 N–H and O–H groups in total. The Morgan fingerprint density at radius 3 is 2.39 bits per heavy atom. The fourth-order valence-electron chi connectivity index (χ4n) is 2.61. The Kier molecular flexibility index (Phi) is 4.28. The molecule has 0 aliphatic heterocycles. The first-order valence-electron chi connectivity index (χ1n) is 6.75. The van der Waals surface area contributed by atoms with Gasteiger partial charge in [0.15, 0.2) is 0 Å². The van der Waals surface area contributed by atoms with Gasteiger partial charge in [0.2, 0.25) is 0 Å². The number of carboxylic acid groups (broad SMARTS) is 1. The van der Waals surface area contributed by atoms with Crippen LogP contribution in [0.25, 0.3) is 0 Å². The number of nitrogens with zero attached hydrogens (tertiary/aromatic N) is 2. The fraction of sp³-hybridized carbons (Fsp3) is 0.643. The molecule has 0 aromatic carbocycles. The summed E-state index contributed by atoms with van der Waals surface area (Å²) in [5.41, 5.74) is 0.791. The van der Waals surface area contributed by atoms with Gasteiger partial charge in [-0.15, -0.1) is 0 Å². The zero-order valence-electron chi connectivity index (χ0n) is 10.9. The molecule has 4 nitrogen and oxygen atoms in total. The lowest BCUT2D eigenvalue weighted by molar-refractivity contribution is 0.0695. The zero-order valence-corrected chi connectivity index (χ0v) is 10.9. The van der Waals surface area contributed by atoms with Crippen LogP contribution >= 0.6 is 0 Å². The van der Waals surface area contributed by atoms with E-state index in [9.17, 15) is 4.79 Å². The van der Waals surface area contributed by atoms with Gasteiger partial charge >= 0.3 is 5.97 Å². The lowest BCUT2D eigenvalue weighted by atomic mass is 9.90. The van der Waals surface area contributed by atoms with Crippen LogP contribution in [0.2, 0.25) is 0 Å². The number of carbonyl (C=O) groups is 1. The van der Waals surface area contributed by atoms with E-state index in [0.29, 0.717) is 11.6 Å². The van der Waals surface area contributed by atoms with E-state index in [2.05, 4.69) is 9.97 Å². The maximum Gasteiger partial charge on any atom is 0.339 e. The average Bonchev–Trinajstić information content (AvgIpc) is 2.27. The monoisotopic (exact) mass is 248 g/mol. The van der Waals surface area contributed by atoms with Gasteiger partial charge in [-0.05, 0) is 19.8 Å². The molecule has 0 atom stereocenters. The van der Waals surface area contributed by atoms with Gasteiger partial charge in [0.05, 0.1) is 11.3 Å². The third-order valence-electron chi connectivity index (χ3n) is 3.70. The van der Waals surface area contributed by atoms with E-state index >= 15 is 0 Å². The van der Waals surface area contributed by atoms with E-state index in [1.54, 1.807) is 6.92 Å². The van der Waals surface area contributed by atoms with Gasteiger partial charge in [-0.25, -0.2) is 14.8 Å². The summed E-state index contributed by atoms with van der Waals surface area (Å²) in [5, 5.41) is 8.97. The minimum absolute atomic E-state index is 0.213. The highest BCUT2D eigenvalue weighted by molar-refractivity contribution is 5.88. The molecule has 1 aromatic heterocycles. The van der Waals surface area contributed by atoms with Crippen LogP contribution in [0.5, 0.6) is 0 Å². The highest BCUT2D eigenvalue weighted by Gasteiger charge is 2.18. The Bertz CT molecular complexity index is 424. The standard InChI is InChI=1S/C14H20N2O2/c1-10-12(14(17)18)9-15-13(16-10)11-7-5-3-2-4-6-8-11/h9,11H,2-8H2,1H3,(H,17,18). The van der Waals surface area contributed by atoms with Crippen LogP contribution in [0.15, 0.2) is 6.20 Å². The number of aromatic carboxylic acids is 1. The third-order valence-corrected chi connectivity index (χ3v) is 3.70. The van der Waals surface area contributed by atoms with Crippen molar-refractivity contribution >= 4 is 5.97 Å². The Morgan fingerprint density at radius 1 is 1.22 bits per heavy atom. The number of carboxylic acids is 1. The molecule has 0 amide bonds. The topological polar surface area (TPSA) is 63.1 Å². The maximum atomic E-state index is 10.9. The first kappa shape index (κ1) is 13.0. The van der Waals surface area contributed by atoms with Gasteiger partial charge in [0.1, 0.15) is 5.82 Å². The number of hydrogen-bond acceptors (Lipinski definition) is 3. The summed E-state index contributed by atoms with van der Waals surface area (Å²) in [5.74, 6) is 0.294. The van der Waals surface area contributed by atoms with Crippen LogP contribution in [0, 0.1) is 6.92 Å². The average molecular weight is 248 g/mol. The van der Waals surface area contributed by atoms with Crippen molar-refractivity contribution in [2.24, 2.45) is 0 Å². The predicted molar refractivity (Wildman–Crippen MR) is 68.8 cm³/mol. The molecule has 0 spiro atoms. The highest BCUT2D eigenvalue weighted by atomic mass is 16.4. The zero-order chi connectivity index (χ0) is 13.0. The quantitative estimate of drug-likeness (QED) is 0.872. The molecule has 0 radical (unpaired) electrons. The largest absolute Gasteiger partial charge is 0.478 e. The van der Waals surface area contributed by atoms with Gasteiger partial charge in [0.25, 0.3) is 0 Å². The minimum Gasteiger partial charge on any atom is -0.478 e. The number of rotatable bonds is 2. The molecule has 0 bridgehead atoms. The van der Waals surface area contributed by atoms with E-state index in [1.807, 2.05) is 0 Å². The first-order valence-corrected chi connectivity index (χ1v) is 6.75. The lowest BCUT2D eigenvalue weighted by Crippen LogP contribution is -2.11. The second-order valence-electron chi connectivity index (χ2n) is 5.07. The summed E-state index contributed by atoms with van der Waals surface area (Å²) in [6.07, 6.45) is 10.1. The highest BCUT2D eigenvalue weighted by Crippen LogP contribution is 2.29. The van der Waals surface area contributed by atoms with Crippen molar-refractivity contribution in [2.75, 3.05) is 0 Å². The fourth-order valence-corrected chi connectivity index (χ4v) is 2.61. The van der Waals surface area contributed by atoms with Crippen molar-refractivity contribution in [2.45, 2.75) is 57.8 Å². The van der Waals surface area contributed by atoms with Gasteiger partial charge in [0, 0.05) is 12.1 Å². The molecular formula is C14H20N2O2. The summed E-state index contributed by atoms with van der Waals surface area (Å²) in [6, 6.07) is 0. The molecular weight excluding hydrogens is 228 g/mol. The number of hydrogen-bond donors (Lipinski definition) is 1. The molecule has 98 valence electrons. The van der Waals surface area contributed by atoms with E-state index in [4.69, 9.17) is 5.11 Å². The summed E-state index contributed by atoms with van der Waals surface area (Å²) in [6.45, 7) is 1.75. The molecule has 1 fully saturated rings. The molecule has 1 aliphatic carbocycles. The Balaban J connectivity index is 2.16. The van der Waals surface area contributed by atoms with Crippen LogP contribution < -0.4 is 0 Å². The Labute approximate surface area is 107 Å². The van der Waals surface area contributed by atoms with Crippen LogP contribution in [0.1, 0.15) is 72.7 Å². The molecule has 1 aliphatic rings. The molecule has 2 rings (SSSR count). The SMILES string of the molecule is Cc1nc(C2CCCCCCC2)ncc1C(=O)O. The molecule has 0 saturated heterocycles. The third kappa shape index (κ3) is 3.06. The summed E-state index contributed by atoms with van der Waals surface area (Å²) in [4.78, 5) is 19.6. The van der Waals surface area contributed by atoms with Gasteiger partial charge in [-0.3, -0.25) is 0 Å². The normalized spacial score (nSPS) is 18.1. The van der Waals surface area contributed by atoms with E-state index in [-0.39, 0.29) is 5.56 Å². The van der Waals surface area contributed by atoms with Gasteiger partial charge in [-0.1, -0.05) is 32.1 Å². The van der Waals surface area contributed by atoms with E-state index in [1.165, 1.54) is 38.3 Å². The van der Waals surface area contributed by atoms with Crippen LogP contribution in [0.3, 0.4) is 0 Å². The summed E-state index contributed by atoms with van der Waals surface area (Å²) in [7, 11) is 0. The van der Waals surface area contributed by atoms with Crippen molar-refractivity contribution in [1.82, 2.24) is 9.97 Å². The van der Waals surface area contributed by atoms with Crippen molar-refractivity contribution in [3.05, 3.63) is 23.3 Å². The number of aryl methyl sites for hydroxylation is 1. The van der Waals surface area contributed by atoms with Gasteiger partial charge in [-0.2, -0.15) is 0 Å². The second-order valence-corrected chi connectivity index (χ2v) is 5.07. The Morgan fingerprint density at radius 2 is 1.83 bits per heavy atom. The molecule has 1 saturated carbocycles. The Hall–Kier alpha value is -1.45. The molecule has 1 heterocycles. The van der Waals surface area contributed by atoms with Crippen LogP contribution in [0.4, 0.5) is 0 Å².